The van der Waals surface area contributed by atoms with Gasteiger partial charge >= 0.3 is 5.97 Å². The lowest BCUT2D eigenvalue weighted by Gasteiger charge is -2.18. The molecule has 0 bridgehead atoms. The molecule has 1 N–H and O–H groups in total. The van der Waals surface area contributed by atoms with Gasteiger partial charge in [-0.1, -0.05) is 58.3 Å². The topological polar surface area (TPSA) is 37.3 Å². The van der Waals surface area contributed by atoms with E-state index in [0.717, 1.165) is 12.8 Å². The monoisotopic (exact) mass is 228 g/mol. The van der Waals surface area contributed by atoms with Crippen LogP contribution in [0.4, 0.5) is 0 Å². The van der Waals surface area contributed by atoms with Crippen molar-refractivity contribution in [3.05, 3.63) is 0 Å². The Morgan fingerprint density at radius 2 is 1.38 bits per heavy atom. The largest absolute Gasteiger partial charge is 0.481 e. The summed E-state index contributed by atoms with van der Waals surface area (Å²) in [5.41, 5.74) is -0.539. The van der Waals surface area contributed by atoms with Crippen molar-refractivity contribution in [1.82, 2.24) is 0 Å². The summed E-state index contributed by atoms with van der Waals surface area (Å²) >= 11 is 0. The fourth-order valence-corrected chi connectivity index (χ4v) is 1.81. The van der Waals surface area contributed by atoms with Gasteiger partial charge in [-0.15, -0.1) is 0 Å². The van der Waals surface area contributed by atoms with Crippen LogP contribution in [-0.2, 0) is 4.79 Å². The molecule has 2 nitrogen and oxygen atoms in total. The van der Waals surface area contributed by atoms with Crippen LogP contribution >= 0.6 is 0 Å². The van der Waals surface area contributed by atoms with Crippen molar-refractivity contribution in [3.8, 4) is 0 Å². The molecule has 0 unspecified atom stereocenters. The zero-order chi connectivity index (χ0) is 12.4. The van der Waals surface area contributed by atoms with Crippen LogP contribution in [0.3, 0.4) is 0 Å². The number of carboxylic acids is 1. The average molecular weight is 228 g/mol. The van der Waals surface area contributed by atoms with Gasteiger partial charge in [-0.25, -0.2) is 0 Å². The average Bonchev–Trinajstić information content (AvgIpc) is 2.21. The van der Waals surface area contributed by atoms with Gasteiger partial charge in [-0.2, -0.15) is 0 Å². The van der Waals surface area contributed by atoms with E-state index in [1.807, 2.05) is 13.8 Å². The number of unbranched alkanes of at least 4 members (excludes halogenated alkanes) is 7. The Hall–Kier alpha value is -0.530. The number of hydrogen-bond acceptors (Lipinski definition) is 1. The van der Waals surface area contributed by atoms with Crippen molar-refractivity contribution in [2.24, 2.45) is 5.41 Å². The molecule has 16 heavy (non-hydrogen) atoms. The summed E-state index contributed by atoms with van der Waals surface area (Å²) in [6.07, 6.45) is 11.0. The summed E-state index contributed by atoms with van der Waals surface area (Å²) < 4.78 is 0. The molecule has 0 saturated heterocycles. The highest BCUT2D eigenvalue weighted by Crippen LogP contribution is 2.24. The quantitative estimate of drug-likeness (QED) is 0.554. The minimum Gasteiger partial charge on any atom is -0.481 e. The molecule has 0 spiro atoms. The van der Waals surface area contributed by atoms with Crippen LogP contribution in [0.1, 0.15) is 78.6 Å². The van der Waals surface area contributed by atoms with Crippen molar-refractivity contribution in [2.75, 3.05) is 0 Å². The molecule has 0 atom stereocenters. The van der Waals surface area contributed by atoms with Crippen LogP contribution in [0.25, 0.3) is 0 Å². The first-order chi connectivity index (χ1) is 7.50. The minimum absolute atomic E-state index is 0.539. The number of rotatable bonds is 10. The minimum atomic E-state index is -0.671. The Morgan fingerprint density at radius 3 is 1.81 bits per heavy atom. The van der Waals surface area contributed by atoms with Crippen molar-refractivity contribution in [3.63, 3.8) is 0 Å². The number of hydrogen-bond donors (Lipinski definition) is 1. The summed E-state index contributed by atoms with van der Waals surface area (Å²) in [6.45, 7) is 5.86. The molecular weight excluding hydrogens is 200 g/mol. The van der Waals surface area contributed by atoms with Gasteiger partial charge in [0, 0.05) is 0 Å². The van der Waals surface area contributed by atoms with Crippen molar-refractivity contribution in [2.45, 2.75) is 78.6 Å². The Kier molecular flexibility index (Phi) is 8.32. The van der Waals surface area contributed by atoms with Crippen molar-refractivity contribution in [1.29, 1.82) is 0 Å². The molecule has 96 valence electrons. The second-order valence-electron chi connectivity index (χ2n) is 5.41. The van der Waals surface area contributed by atoms with E-state index in [1.165, 1.54) is 44.9 Å². The molecule has 0 aromatic carbocycles. The van der Waals surface area contributed by atoms with E-state index in [-0.39, 0.29) is 0 Å². The highest BCUT2D eigenvalue weighted by Gasteiger charge is 2.25. The predicted octanol–water partition coefficient (Wildman–Crippen LogP) is 4.63. The Balaban J connectivity index is 3.30. The highest BCUT2D eigenvalue weighted by atomic mass is 16.4. The van der Waals surface area contributed by atoms with Crippen LogP contribution < -0.4 is 0 Å². The number of aliphatic carboxylic acids is 1. The van der Waals surface area contributed by atoms with E-state index in [0.29, 0.717) is 0 Å². The molecule has 0 aliphatic rings. The van der Waals surface area contributed by atoms with Gasteiger partial charge in [0.25, 0.3) is 0 Å². The first kappa shape index (κ1) is 15.5. The molecule has 0 amide bonds. The SMILES string of the molecule is CCCCCCCCCCC(C)(C)C(=O)O. The second-order valence-corrected chi connectivity index (χ2v) is 5.41. The number of carboxylic acid groups (broad SMARTS) is 1. The van der Waals surface area contributed by atoms with Crippen LogP contribution in [0.5, 0.6) is 0 Å². The first-order valence-electron chi connectivity index (χ1n) is 6.74. The van der Waals surface area contributed by atoms with E-state index in [4.69, 9.17) is 5.11 Å². The molecule has 0 aromatic heterocycles. The van der Waals surface area contributed by atoms with Crippen LogP contribution in [0.2, 0.25) is 0 Å². The predicted molar refractivity (Wildman–Crippen MR) is 68.6 cm³/mol. The van der Waals surface area contributed by atoms with Crippen molar-refractivity contribution < 1.29 is 9.90 Å². The van der Waals surface area contributed by atoms with Crippen LogP contribution in [-0.4, -0.2) is 11.1 Å². The van der Waals surface area contributed by atoms with Crippen LogP contribution in [0, 0.1) is 5.41 Å². The highest BCUT2D eigenvalue weighted by molar-refractivity contribution is 5.73. The summed E-state index contributed by atoms with van der Waals surface area (Å²) in [5, 5.41) is 8.94. The molecule has 0 rings (SSSR count). The summed E-state index contributed by atoms with van der Waals surface area (Å²) in [6, 6.07) is 0. The molecule has 0 aromatic rings. The van der Waals surface area contributed by atoms with E-state index >= 15 is 0 Å². The van der Waals surface area contributed by atoms with Gasteiger partial charge < -0.3 is 5.11 Å². The molecule has 0 radical (unpaired) electrons. The Bertz CT molecular complexity index is 185. The fourth-order valence-electron chi connectivity index (χ4n) is 1.81. The molecule has 0 heterocycles. The normalized spacial score (nSPS) is 11.7. The van der Waals surface area contributed by atoms with E-state index in [9.17, 15) is 4.79 Å². The Morgan fingerprint density at radius 1 is 0.938 bits per heavy atom. The lowest BCUT2D eigenvalue weighted by atomic mass is 9.87. The summed E-state index contributed by atoms with van der Waals surface area (Å²) in [7, 11) is 0. The van der Waals surface area contributed by atoms with Crippen LogP contribution in [0.15, 0.2) is 0 Å². The smallest absolute Gasteiger partial charge is 0.309 e. The molecule has 0 saturated carbocycles. The molecule has 0 fully saturated rings. The maximum atomic E-state index is 10.9. The summed E-state index contributed by atoms with van der Waals surface area (Å²) in [5.74, 6) is -0.671. The maximum Gasteiger partial charge on any atom is 0.309 e. The number of carbonyl (C=O) groups is 1. The van der Waals surface area contributed by atoms with Gasteiger partial charge in [0.2, 0.25) is 0 Å². The van der Waals surface area contributed by atoms with E-state index in [2.05, 4.69) is 6.92 Å². The zero-order valence-electron chi connectivity index (χ0n) is 11.2. The third-order valence-corrected chi connectivity index (χ3v) is 3.23. The molecule has 0 aliphatic carbocycles. The fraction of sp³-hybridized carbons (Fsp3) is 0.929. The molecule has 0 aliphatic heterocycles. The lowest BCUT2D eigenvalue weighted by molar-refractivity contribution is -0.147. The lowest BCUT2D eigenvalue weighted by Crippen LogP contribution is -2.23. The Labute approximate surface area is 100 Å². The van der Waals surface area contributed by atoms with Gasteiger partial charge in [-0.3, -0.25) is 4.79 Å². The first-order valence-corrected chi connectivity index (χ1v) is 6.74. The van der Waals surface area contributed by atoms with Gasteiger partial charge in [0.05, 0.1) is 5.41 Å². The third kappa shape index (κ3) is 7.72. The molecular formula is C14H28O2. The van der Waals surface area contributed by atoms with Crippen molar-refractivity contribution >= 4 is 5.97 Å². The van der Waals surface area contributed by atoms with Gasteiger partial charge in [0.1, 0.15) is 0 Å². The standard InChI is InChI=1S/C14H28O2/c1-4-5-6-7-8-9-10-11-12-14(2,3)13(15)16/h4-12H2,1-3H3,(H,15,16). The van der Waals surface area contributed by atoms with Gasteiger partial charge in [-0.05, 0) is 20.3 Å². The second kappa shape index (κ2) is 8.60. The van der Waals surface area contributed by atoms with E-state index < -0.39 is 11.4 Å². The third-order valence-electron chi connectivity index (χ3n) is 3.23. The molecule has 2 heteroatoms. The summed E-state index contributed by atoms with van der Waals surface area (Å²) in [4.78, 5) is 10.9. The van der Waals surface area contributed by atoms with E-state index in [1.54, 1.807) is 0 Å². The zero-order valence-corrected chi connectivity index (χ0v) is 11.2. The van der Waals surface area contributed by atoms with Gasteiger partial charge in [0.15, 0.2) is 0 Å². The maximum absolute atomic E-state index is 10.9.